The van der Waals surface area contributed by atoms with Crippen LogP contribution in [0.1, 0.15) is 70.8 Å². The molecule has 0 bridgehead atoms. The van der Waals surface area contributed by atoms with Gasteiger partial charge in [-0.05, 0) is 25.7 Å². The van der Waals surface area contributed by atoms with Crippen LogP contribution in [0.15, 0.2) is 4.52 Å². The van der Waals surface area contributed by atoms with E-state index in [2.05, 4.69) is 30.9 Å². The molecular formula is C13H25N3O2. The van der Waals surface area contributed by atoms with Crippen molar-refractivity contribution in [2.24, 2.45) is 11.7 Å². The highest BCUT2D eigenvalue weighted by Crippen LogP contribution is 2.23. The highest BCUT2D eigenvalue weighted by atomic mass is 16.5. The van der Waals surface area contributed by atoms with Crippen LogP contribution in [-0.2, 0) is 4.74 Å². The first-order valence-corrected chi connectivity index (χ1v) is 6.79. The van der Waals surface area contributed by atoms with E-state index in [0.29, 0.717) is 24.2 Å². The molecule has 5 nitrogen and oxygen atoms in total. The minimum atomic E-state index is -0.185. The van der Waals surface area contributed by atoms with E-state index in [1.165, 1.54) is 0 Å². The Morgan fingerprint density at radius 2 is 2.06 bits per heavy atom. The van der Waals surface area contributed by atoms with Gasteiger partial charge in [-0.1, -0.05) is 32.3 Å². The van der Waals surface area contributed by atoms with Crippen molar-refractivity contribution in [1.82, 2.24) is 10.1 Å². The van der Waals surface area contributed by atoms with Crippen molar-refractivity contribution in [3.63, 3.8) is 0 Å². The lowest BCUT2D eigenvalue weighted by atomic mass is 10.0. The number of aromatic nitrogens is 2. The molecule has 0 aliphatic carbocycles. The molecule has 1 unspecified atom stereocenters. The topological polar surface area (TPSA) is 74.2 Å². The molecule has 0 aromatic carbocycles. The van der Waals surface area contributed by atoms with Crippen LogP contribution >= 0.6 is 0 Å². The lowest BCUT2D eigenvalue weighted by molar-refractivity contribution is 0.0477. The first kappa shape index (κ1) is 15.1. The van der Waals surface area contributed by atoms with Crippen molar-refractivity contribution in [3.8, 4) is 0 Å². The summed E-state index contributed by atoms with van der Waals surface area (Å²) in [4.78, 5) is 4.37. The summed E-state index contributed by atoms with van der Waals surface area (Å²) >= 11 is 0. The van der Waals surface area contributed by atoms with Gasteiger partial charge in [0.05, 0.1) is 6.04 Å². The molecule has 1 aromatic heterocycles. The maximum atomic E-state index is 6.02. The summed E-state index contributed by atoms with van der Waals surface area (Å²) in [6.07, 6.45) is 2.68. The Hall–Kier alpha value is -0.940. The Balaban J connectivity index is 2.70. The van der Waals surface area contributed by atoms with Gasteiger partial charge in [-0.3, -0.25) is 0 Å². The molecule has 0 aliphatic heterocycles. The van der Waals surface area contributed by atoms with Gasteiger partial charge in [0.1, 0.15) is 6.10 Å². The summed E-state index contributed by atoms with van der Waals surface area (Å²) in [7, 11) is 0. The first-order chi connectivity index (χ1) is 8.58. The molecule has 0 spiro atoms. The number of nitrogens with two attached hydrogens (primary N) is 1. The Kier molecular flexibility index (Phi) is 6.29. The summed E-state index contributed by atoms with van der Waals surface area (Å²) in [5, 5.41) is 3.99. The van der Waals surface area contributed by atoms with Crippen LogP contribution < -0.4 is 5.73 Å². The third-order valence-corrected chi connectivity index (χ3v) is 2.71. The van der Waals surface area contributed by atoms with Crippen molar-refractivity contribution in [2.75, 3.05) is 6.61 Å². The lowest BCUT2D eigenvalue weighted by Crippen LogP contribution is -2.14. The van der Waals surface area contributed by atoms with Gasteiger partial charge in [-0.15, -0.1) is 0 Å². The third-order valence-electron chi connectivity index (χ3n) is 2.71. The number of nitrogens with zero attached hydrogens (tertiary/aromatic N) is 2. The Morgan fingerprint density at radius 3 is 2.61 bits per heavy atom. The fourth-order valence-corrected chi connectivity index (χ4v) is 1.89. The van der Waals surface area contributed by atoms with E-state index in [9.17, 15) is 0 Å². The van der Waals surface area contributed by atoms with Gasteiger partial charge >= 0.3 is 0 Å². The maximum Gasteiger partial charge on any atom is 0.243 e. The summed E-state index contributed by atoms with van der Waals surface area (Å²) in [6.45, 7) is 8.96. The van der Waals surface area contributed by atoms with E-state index in [4.69, 9.17) is 15.0 Å². The molecule has 1 aromatic rings. The van der Waals surface area contributed by atoms with Gasteiger partial charge in [-0.2, -0.15) is 4.98 Å². The highest BCUT2D eigenvalue weighted by molar-refractivity contribution is 4.95. The van der Waals surface area contributed by atoms with Crippen LogP contribution in [0.5, 0.6) is 0 Å². The van der Waals surface area contributed by atoms with Gasteiger partial charge in [0.2, 0.25) is 11.7 Å². The normalized spacial score (nSPS) is 15.0. The van der Waals surface area contributed by atoms with Crippen LogP contribution in [0.3, 0.4) is 0 Å². The fraction of sp³-hybridized carbons (Fsp3) is 0.846. The van der Waals surface area contributed by atoms with Gasteiger partial charge in [0.15, 0.2) is 0 Å². The molecule has 2 atom stereocenters. The first-order valence-electron chi connectivity index (χ1n) is 6.79. The summed E-state index contributed by atoms with van der Waals surface area (Å²) in [5.41, 5.74) is 6.02. The molecular weight excluding hydrogens is 230 g/mol. The molecule has 0 aliphatic rings. The molecule has 1 rings (SSSR count). The largest absolute Gasteiger partial charge is 0.370 e. The number of hydrogen-bond acceptors (Lipinski definition) is 5. The molecule has 18 heavy (non-hydrogen) atoms. The van der Waals surface area contributed by atoms with E-state index < -0.39 is 0 Å². The second-order valence-electron chi connectivity index (χ2n) is 4.96. The third kappa shape index (κ3) is 4.38. The molecule has 2 N–H and O–H groups in total. The van der Waals surface area contributed by atoms with Crippen molar-refractivity contribution in [2.45, 2.75) is 59.1 Å². The molecule has 0 amide bonds. The summed E-state index contributed by atoms with van der Waals surface area (Å²) < 4.78 is 10.9. The highest BCUT2D eigenvalue weighted by Gasteiger charge is 2.21. The molecule has 104 valence electrons. The second-order valence-corrected chi connectivity index (χ2v) is 4.96. The molecule has 0 saturated heterocycles. The second kappa shape index (κ2) is 7.48. The van der Waals surface area contributed by atoms with Crippen molar-refractivity contribution < 1.29 is 9.26 Å². The average molecular weight is 255 g/mol. The summed E-state index contributed by atoms with van der Waals surface area (Å²) in [6, 6.07) is -0.185. The predicted octanol–water partition coefficient (Wildman–Crippen LogP) is 2.99. The molecule has 0 radical (unpaired) electrons. The smallest absolute Gasteiger partial charge is 0.243 e. The quantitative estimate of drug-likeness (QED) is 0.773. The molecule has 0 fully saturated rings. The Morgan fingerprint density at radius 1 is 1.33 bits per heavy atom. The van der Waals surface area contributed by atoms with E-state index >= 15 is 0 Å². The SMILES string of the molecule is CCCC(OCC)c1noc([C@@H](N)CC(C)C)n1. The zero-order valence-electron chi connectivity index (χ0n) is 11.8. The van der Waals surface area contributed by atoms with Crippen molar-refractivity contribution in [1.29, 1.82) is 0 Å². The van der Waals surface area contributed by atoms with Crippen molar-refractivity contribution in [3.05, 3.63) is 11.7 Å². The van der Waals surface area contributed by atoms with E-state index in [-0.39, 0.29) is 12.1 Å². The van der Waals surface area contributed by atoms with Crippen molar-refractivity contribution >= 4 is 0 Å². The van der Waals surface area contributed by atoms with Gasteiger partial charge < -0.3 is 15.0 Å². The Labute approximate surface area is 109 Å². The minimum Gasteiger partial charge on any atom is -0.370 e. The van der Waals surface area contributed by atoms with E-state index in [1.54, 1.807) is 0 Å². The summed E-state index contributed by atoms with van der Waals surface area (Å²) in [5.74, 6) is 1.64. The van der Waals surface area contributed by atoms with Gasteiger partial charge in [-0.25, -0.2) is 0 Å². The van der Waals surface area contributed by atoms with Crippen LogP contribution in [0.4, 0.5) is 0 Å². The minimum absolute atomic E-state index is 0.0799. The van der Waals surface area contributed by atoms with Gasteiger partial charge in [0.25, 0.3) is 0 Å². The number of hydrogen-bond donors (Lipinski definition) is 1. The van der Waals surface area contributed by atoms with E-state index in [1.807, 2.05) is 6.92 Å². The zero-order chi connectivity index (χ0) is 13.5. The molecule has 1 heterocycles. The average Bonchev–Trinajstić information content (AvgIpc) is 2.77. The number of rotatable bonds is 8. The zero-order valence-corrected chi connectivity index (χ0v) is 11.8. The van der Waals surface area contributed by atoms with Gasteiger partial charge in [0, 0.05) is 6.61 Å². The van der Waals surface area contributed by atoms with Crippen LogP contribution in [0, 0.1) is 5.92 Å². The predicted molar refractivity (Wildman–Crippen MR) is 70.0 cm³/mol. The maximum absolute atomic E-state index is 6.02. The van der Waals surface area contributed by atoms with Crippen LogP contribution in [-0.4, -0.2) is 16.7 Å². The van der Waals surface area contributed by atoms with E-state index in [0.717, 1.165) is 19.3 Å². The fourth-order valence-electron chi connectivity index (χ4n) is 1.89. The van der Waals surface area contributed by atoms with Crippen LogP contribution in [0.2, 0.25) is 0 Å². The lowest BCUT2D eigenvalue weighted by Gasteiger charge is -2.11. The standard InChI is InChI=1S/C13H25N3O2/c1-5-7-11(17-6-2)12-15-13(18-16-12)10(14)8-9(3)4/h9-11H,5-8,14H2,1-4H3/t10-,11?/m0/s1. The number of ether oxygens (including phenoxy) is 1. The monoisotopic (exact) mass is 255 g/mol. The molecule has 0 saturated carbocycles. The Bertz CT molecular complexity index is 333. The molecule has 5 heteroatoms. The van der Waals surface area contributed by atoms with Crippen LogP contribution in [0.25, 0.3) is 0 Å².